The van der Waals surface area contributed by atoms with E-state index in [1.807, 2.05) is 0 Å². The number of hydrogen-bond acceptors (Lipinski definition) is 3. The van der Waals surface area contributed by atoms with E-state index in [2.05, 4.69) is 24.5 Å². The van der Waals surface area contributed by atoms with Gasteiger partial charge in [0, 0.05) is 23.7 Å². The fourth-order valence-corrected chi connectivity index (χ4v) is 1.61. The molecular formula is C14H21N3O2. The van der Waals surface area contributed by atoms with E-state index in [1.54, 1.807) is 24.3 Å². The average molecular weight is 263 g/mol. The highest BCUT2D eigenvalue weighted by Gasteiger charge is 2.05. The van der Waals surface area contributed by atoms with Crippen molar-refractivity contribution in [3.8, 4) is 0 Å². The predicted molar refractivity (Wildman–Crippen MR) is 76.0 cm³/mol. The van der Waals surface area contributed by atoms with Crippen LogP contribution in [0.25, 0.3) is 0 Å². The Balaban J connectivity index is 2.40. The number of nitrogens with two attached hydrogens (primary N) is 1. The standard InChI is InChI=1S/C14H21N3O2/c1-10(2)16-8-4-7-13(18)17-12-6-3-5-11(9-12)14(15)19/h3,5-6,9-10,16H,4,7-8H2,1-2H3,(H2,15,19)(H,17,18). The number of amides is 2. The Morgan fingerprint density at radius 1 is 1.32 bits per heavy atom. The van der Waals surface area contributed by atoms with Gasteiger partial charge in [-0.2, -0.15) is 0 Å². The van der Waals surface area contributed by atoms with E-state index in [-0.39, 0.29) is 5.91 Å². The molecule has 0 saturated carbocycles. The number of primary amides is 1. The minimum atomic E-state index is -0.503. The maximum atomic E-state index is 11.7. The van der Waals surface area contributed by atoms with Crippen LogP contribution in [-0.2, 0) is 4.79 Å². The van der Waals surface area contributed by atoms with E-state index in [1.165, 1.54) is 0 Å². The van der Waals surface area contributed by atoms with Gasteiger partial charge in [-0.3, -0.25) is 9.59 Å². The Labute approximate surface area is 113 Å². The normalized spacial score (nSPS) is 10.5. The highest BCUT2D eigenvalue weighted by atomic mass is 16.2. The largest absolute Gasteiger partial charge is 0.366 e. The zero-order valence-corrected chi connectivity index (χ0v) is 11.4. The van der Waals surface area contributed by atoms with Crippen molar-refractivity contribution in [1.29, 1.82) is 0 Å². The third-order valence-corrected chi connectivity index (χ3v) is 2.56. The quantitative estimate of drug-likeness (QED) is 0.652. The summed E-state index contributed by atoms with van der Waals surface area (Å²) in [7, 11) is 0. The summed E-state index contributed by atoms with van der Waals surface area (Å²) in [4.78, 5) is 22.7. The van der Waals surface area contributed by atoms with Gasteiger partial charge in [0.25, 0.3) is 0 Å². The molecule has 0 spiro atoms. The summed E-state index contributed by atoms with van der Waals surface area (Å²) in [5, 5.41) is 6.00. The first-order valence-electron chi connectivity index (χ1n) is 6.42. The summed E-state index contributed by atoms with van der Waals surface area (Å²) in [5.41, 5.74) is 6.16. The van der Waals surface area contributed by atoms with Gasteiger partial charge in [-0.15, -0.1) is 0 Å². The number of hydrogen-bond donors (Lipinski definition) is 3. The van der Waals surface area contributed by atoms with Gasteiger partial charge in [0.05, 0.1) is 0 Å². The van der Waals surface area contributed by atoms with Crippen LogP contribution in [0.3, 0.4) is 0 Å². The van der Waals surface area contributed by atoms with Crippen LogP contribution in [0.4, 0.5) is 5.69 Å². The Morgan fingerprint density at radius 2 is 2.05 bits per heavy atom. The van der Waals surface area contributed by atoms with Crippen molar-refractivity contribution < 1.29 is 9.59 Å². The van der Waals surface area contributed by atoms with Crippen molar-refractivity contribution in [2.24, 2.45) is 5.73 Å². The van der Waals surface area contributed by atoms with E-state index in [4.69, 9.17) is 5.73 Å². The summed E-state index contributed by atoms with van der Waals surface area (Å²) < 4.78 is 0. The lowest BCUT2D eigenvalue weighted by Crippen LogP contribution is -2.24. The zero-order chi connectivity index (χ0) is 14.3. The molecular weight excluding hydrogens is 242 g/mol. The minimum Gasteiger partial charge on any atom is -0.366 e. The smallest absolute Gasteiger partial charge is 0.248 e. The van der Waals surface area contributed by atoms with Gasteiger partial charge < -0.3 is 16.4 Å². The molecule has 0 aliphatic carbocycles. The van der Waals surface area contributed by atoms with Crippen molar-refractivity contribution >= 4 is 17.5 Å². The highest BCUT2D eigenvalue weighted by Crippen LogP contribution is 2.10. The van der Waals surface area contributed by atoms with Crippen LogP contribution in [0.2, 0.25) is 0 Å². The van der Waals surface area contributed by atoms with Gasteiger partial charge in [-0.05, 0) is 31.2 Å². The van der Waals surface area contributed by atoms with Crippen LogP contribution in [0, 0.1) is 0 Å². The van der Waals surface area contributed by atoms with Gasteiger partial charge in [-0.1, -0.05) is 19.9 Å². The summed E-state index contributed by atoms with van der Waals surface area (Å²) in [6.07, 6.45) is 1.22. The Kier molecular flexibility index (Phi) is 6.02. The van der Waals surface area contributed by atoms with Crippen molar-refractivity contribution in [2.45, 2.75) is 32.7 Å². The van der Waals surface area contributed by atoms with Crippen LogP contribution in [0.15, 0.2) is 24.3 Å². The Hall–Kier alpha value is -1.88. The van der Waals surface area contributed by atoms with Crippen LogP contribution < -0.4 is 16.4 Å². The summed E-state index contributed by atoms with van der Waals surface area (Å²) in [6.45, 7) is 4.94. The molecule has 0 aliphatic rings. The van der Waals surface area contributed by atoms with Crippen LogP contribution >= 0.6 is 0 Å². The van der Waals surface area contributed by atoms with E-state index < -0.39 is 5.91 Å². The molecule has 0 bridgehead atoms. The predicted octanol–water partition coefficient (Wildman–Crippen LogP) is 1.50. The van der Waals surface area contributed by atoms with E-state index in [9.17, 15) is 9.59 Å². The van der Waals surface area contributed by atoms with E-state index >= 15 is 0 Å². The first-order chi connectivity index (χ1) is 8.99. The second kappa shape index (κ2) is 7.53. The summed E-state index contributed by atoms with van der Waals surface area (Å²) in [5.74, 6) is -0.565. The maximum Gasteiger partial charge on any atom is 0.248 e. The molecule has 1 aromatic rings. The van der Waals surface area contributed by atoms with E-state index in [0.29, 0.717) is 23.7 Å². The molecule has 0 fully saturated rings. The molecule has 2 amide bonds. The van der Waals surface area contributed by atoms with Gasteiger partial charge in [0.2, 0.25) is 11.8 Å². The molecule has 0 saturated heterocycles. The molecule has 0 unspecified atom stereocenters. The number of anilines is 1. The first-order valence-corrected chi connectivity index (χ1v) is 6.42. The van der Waals surface area contributed by atoms with Gasteiger partial charge >= 0.3 is 0 Å². The molecule has 104 valence electrons. The van der Waals surface area contributed by atoms with Crippen molar-refractivity contribution in [1.82, 2.24) is 5.32 Å². The molecule has 0 aromatic heterocycles. The SMILES string of the molecule is CC(C)NCCCC(=O)Nc1cccc(C(N)=O)c1. The lowest BCUT2D eigenvalue weighted by molar-refractivity contribution is -0.116. The van der Waals surface area contributed by atoms with Crippen molar-refractivity contribution in [2.75, 3.05) is 11.9 Å². The topological polar surface area (TPSA) is 84.2 Å². The fraction of sp³-hybridized carbons (Fsp3) is 0.429. The van der Waals surface area contributed by atoms with Crippen molar-refractivity contribution in [3.63, 3.8) is 0 Å². The second-order valence-electron chi connectivity index (χ2n) is 4.71. The van der Waals surface area contributed by atoms with E-state index in [0.717, 1.165) is 13.0 Å². The zero-order valence-electron chi connectivity index (χ0n) is 11.4. The number of rotatable bonds is 7. The molecule has 0 aliphatic heterocycles. The summed E-state index contributed by atoms with van der Waals surface area (Å²) >= 11 is 0. The number of nitrogens with one attached hydrogen (secondary N) is 2. The van der Waals surface area contributed by atoms with Crippen LogP contribution in [-0.4, -0.2) is 24.4 Å². The lowest BCUT2D eigenvalue weighted by atomic mass is 10.2. The second-order valence-corrected chi connectivity index (χ2v) is 4.71. The van der Waals surface area contributed by atoms with Crippen LogP contribution in [0.1, 0.15) is 37.0 Å². The van der Waals surface area contributed by atoms with Gasteiger partial charge in [-0.25, -0.2) is 0 Å². The minimum absolute atomic E-state index is 0.0628. The number of benzene rings is 1. The van der Waals surface area contributed by atoms with Crippen molar-refractivity contribution in [3.05, 3.63) is 29.8 Å². The third-order valence-electron chi connectivity index (χ3n) is 2.56. The molecule has 0 atom stereocenters. The molecule has 5 nitrogen and oxygen atoms in total. The Bertz CT molecular complexity index is 444. The molecule has 1 aromatic carbocycles. The monoisotopic (exact) mass is 263 g/mol. The molecule has 4 N–H and O–H groups in total. The number of carbonyl (C=O) groups excluding carboxylic acids is 2. The Morgan fingerprint density at radius 3 is 2.68 bits per heavy atom. The first kappa shape index (κ1) is 15.2. The maximum absolute atomic E-state index is 11.7. The van der Waals surface area contributed by atoms with Gasteiger partial charge in [0.15, 0.2) is 0 Å². The van der Waals surface area contributed by atoms with Gasteiger partial charge in [0.1, 0.15) is 0 Å². The molecule has 1 rings (SSSR count). The summed E-state index contributed by atoms with van der Waals surface area (Å²) in [6, 6.07) is 7.04. The average Bonchev–Trinajstić information content (AvgIpc) is 2.34. The van der Waals surface area contributed by atoms with Crippen LogP contribution in [0.5, 0.6) is 0 Å². The molecule has 19 heavy (non-hydrogen) atoms. The fourth-order valence-electron chi connectivity index (χ4n) is 1.61. The molecule has 0 radical (unpaired) electrons. The number of carbonyl (C=O) groups is 2. The lowest BCUT2D eigenvalue weighted by Gasteiger charge is -2.08. The molecule has 0 heterocycles. The molecule has 5 heteroatoms. The highest BCUT2D eigenvalue weighted by molar-refractivity contribution is 5.96. The third kappa shape index (κ3) is 6.01.